The summed E-state index contributed by atoms with van der Waals surface area (Å²) in [5.74, 6) is -0.0961. The van der Waals surface area contributed by atoms with Crippen molar-refractivity contribution >= 4 is 16.8 Å². The van der Waals surface area contributed by atoms with E-state index >= 15 is 0 Å². The van der Waals surface area contributed by atoms with Gasteiger partial charge in [0.2, 0.25) is 0 Å². The number of aromatic nitrogens is 4. The Morgan fingerprint density at radius 1 is 1.27 bits per heavy atom. The molecule has 22 heavy (non-hydrogen) atoms. The molecule has 3 aromatic rings. The first-order chi connectivity index (χ1) is 10.6. The summed E-state index contributed by atoms with van der Waals surface area (Å²) < 4.78 is 3.55. The summed E-state index contributed by atoms with van der Waals surface area (Å²) in [5, 5.41) is 12.4. The van der Waals surface area contributed by atoms with Crippen molar-refractivity contribution in [1.29, 1.82) is 0 Å². The molecule has 3 rings (SSSR count). The first-order valence-corrected chi connectivity index (χ1v) is 7.33. The van der Waals surface area contributed by atoms with Gasteiger partial charge in [0.1, 0.15) is 5.69 Å². The van der Waals surface area contributed by atoms with Gasteiger partial charge in [0.15, 0.2) is 0 Å². The van der Waals surface area contributed by atoms with Crippen LogP contribution in [-0.4, -0.2) is 32.0 Å². The van der Waals surface area contributed by atoms with Crippen LogP contribution >= 0.6 is 0 Å². The second-order valence-electron chi connectivity index (χ2n) is 5.38. The summed E-state index contributed by atoms with van der Waals surface area (Å²) in [7, 11) is 1.76. The number of nitrogens with zero attached hydrogens (tertiary/aromatic N) is 4. The van der Waals surface area contributed by atoms with Gasteiger partial charge in [0, 0.05) is 31.7 Å². The van der Waals surface area contributed by atoms with E-state index in [4.69, 9.17) is 0 Å². The Kier molecular flexibility index (Phi) is 3.91. The molecule has 0 saturated carbocycles. The fourth-order valence-corrected chi connectivity index (χ4v) is 2.48. The van der Waals surface area contributed by atoms with Crippen molar-refractivity contribution in [1.82, 2.24) is 24.9 Å². The Bertz CT molecular complexity index is 802. The normalized spacial score (nSPS) is 11.0. The van der Waals surface area contributed by atoms with Crippen LogP contribution in [0, 0.1) is 6.92 Å². The number of amides is 1. The van der Waals surface area contributed by atoms with Crippen LogP contribution in [0.4, 0.5) is 0 Å². The Labute approximate surface area is 128 Å². The minimum atomic E-state index is -0.0961. The Morgan fingerprint density at radius 3 is 2.91 bits per heavy atom. The number of rotatable bonds is 5. The average Bonchev–Trinajstić information content (AvgIpc) is 3.09. The number of hydrogen-bond donors (Lipinski definition) is 1. The first kappa shape index (κ1) is 14.3. The van der Waals surface area contributed by atoms with Gasteiger partial charge in [0.25, 0.3) is 5.91 Å². The smallest absolute Gasteiger partial charge is 0.269 e. The highest BCUT2D eigenvalue weighted by atomic mass is 16.2. The lowest BCUT2D eigenvalue weighted by Crippen LogP contribution is -2.27. The third-order valence-electron chi connectivity index (χ3n) is 3.69. The molecule has 0 bridgehead atoms. The lowest BCUT2D eigenvalue weighted by atomic mass is 10.2. The van der Waals surface area contributed by atoms with Crippen molar-refractivity contribution in [3.05, 3.63) is 47.9 Å². The van der Waals surface area contributed by atoms with Crippen LogP contribution in [0.2, 0.25) is 0 Å². The van der Waals surface area contributed by atoms with Crippen LogP contribution in [0.1, 0.15) is 22.5 Å². The van der Waals surface area contributed by atoms with Crippen LogP contribution < -0.4 is 5.32 Å². The maximum absolute atomic E-state index is 12.0. The molecule has 6 nitrogen and oxygen atoms in total. The monoisotopic (exact) mass is 297 g/mol. The van der Waals surface area contributed by atoms with Crippen molar-refractivity contribution < 1.29 is 4.79 Å². The predicted molar refractivity (Wildman–Crippen MR) is 84.6 cm³/mol. The number of nitrogens with one attached hydrogen (secondary N) is 1. The third-order valence-corrected chi connectivity index (χ3v) is 3.69. The number of fused-ring (bicyclic) bond motifs is 1. The summed E-state index contributed by atoms with van der Waals surface area (Å²) >= 11 is 0. The number of carbonyl (C=O) groups is 1. The van der Waals surface area contributed by atoms with E-state index in [9.17, 15) is 4.79 Å². The van der Waals surface area contributed by atoms with Crippen LogP contribution in [0.3, 0.4) is 0 Å². The molecule has 114 valence electrons. The molecule has 2 heterocycles. The van der Waals surface area contributed by atoms with Gasteiger partial charge in [-0.2, -0.15) is 10.2 Å². The molecule has 1 amide bonds. The molecule has 0 spiro atoms. The van der Waals surface area contributed by atoms with Gasteiger partial charge in [-0.25, -0.2) is 0 Å². The van der Waals surface area contributed by atoms with Crippen LogP contribution in [-0.2, 0) is 13.6 Å². The zero-order valence-electron chi connectivity index (χ0n) is 12.8. The lowest BCUT2D eigenvalue weighted by molar-refractivity contribution is 0.0943. The zero-order chi connectivity index (χ0) is 15.5. The summed E-state index contributed by atoms with van der Waals surface area (Å²) in [6.07, 6.45) is 4.32. The highest BCUT2D eigenvalue weighted by Crippen LogP contribution is 2.15. The maximum Gasteiger partial charge on any atom is 0.269 e. The first-order valence-electron chi connectivity index (χ1n) is 7.33. The molecule has 0 radical (unpaired) electrons. The van der Waals surface area contributed by atoms with E-state index in [1.807, 2.05) is 10.9 Å². The third kappa shape index (κ3) is 2.86. The van der Waals surface area contributed by atoms with Gasteiger partial charge in [-0.1, -0.05) is 12.1 Å². The average molecular weight is 297 g/mol. The maximum atomic E-state index is 12.0. The standard InChI is InChI=1S/C16H19N5O/c1-12-4-5-13-11-19-21(15(13)10-12)9-3-7-17-16(22)14-6-8-18-20(14)2/h4-6,8,10-11H,3,7,9H2,1-2H3,(H,17,22). The largest absolute Gasteiger partial charge is 0.351 e. The summed E-state index contributed by atoms with van der Waals surface area (Å²) in [6, 6.07) is 8.01. The van der Waals surface area contributed by atoms with E-state index in [0.29, 0.717) is 12.2 Å². The van der Waals surface area contributed by atoms with Crippen molar-refractivity contribution in [2.45, 2.75) is 19.9 Å². The number of aryl methyl sites for hydroxylation is 3. The molecule has 2 aromatic heterocycles. The van der Waals surface area contributed by atoms with Crippen molar-refractivity contribution in [3.8, 4) is 0 Å². The van der Waals surface area contributed by atoms with Gasteiger partial charge < -0.3 is 5.32 Å². The molecular formula is C16H19N5O. The zero-order valence-corrected chi connectivity index (χ0v) is 12.8. The number of carbonyl (C=O) groups excluding carboxylic acids is 1. The molecule has 6 heteroatoms. The van der Waals surface area contributed by atoms with Gasteiger partial charge in [-0.05, 0) is 31.0 Å². The molecule has 0 saturated heterocycles. The van der Waals surface area contributed by atoms with Gasteiger partial charge in [-0.3, -0.25) is 14.2 Å². The van der Waals surface area contributed by atoms with Crippen molar-refractivity contribution in [2.24, 2.45) is 7.05 Å². The van der Waals surface area contributed by atoms with E-state index in [-0.39, 0.29) is 5.91 Å². The molecule has 1 aromatic carbocycles. The number of benzene rings is 1. The van der Waals surface area contributed by atoms with E-state index in [1.165, 1.54) is 5.56 Å². The molecular weight excluding hydrogens is 278 g/mol. The molecule has 0 unspecified atom stereocenters. The van der Waals surface area contributed by atoms with E-state index in [0.717, 1.165) is 23.9 Å². The minimum absolute atomic E-state index is 0.0961. The fourth-order valence-electron chi connectivity index (χ4n) is 2.48. The SMILES string of the molecule is Cc1ccc2cnn(CCCNC(=O)c3ccnn3C)c2c1. The fraction of sp³-hybridized carbons (Fsp3) is 0.312. The predicted octanol–water partition coefficient (Wildman–Crippen LogP) is 1.90. The second-order valence-corrected chi connectivity index (χ2v) is 5.38. The van der Waals surface area contributed by atoms with E-state index in [1.54, 1.807) is 24.0 Å². The number of hydrogen-bond acceptors (Lipinski definition) is 3. The van der Waals surface area contributed by atoms with Crippen LogP contribution in [0.5, 0.6) is 0 Å². The topological polar surface area (TPSA) is 64.7 Å². The van der Waals surface area contributed by atoms with Gasteiger partial charge in [0.05, 0.1) is 11.7 Å². The molecule has 0 aliphatic heterocycles. The molecule has 0 aliphatic carbocycles. The highest BCUT2D eigenvalue weighted by molar-refractivity contribution is 5.92. The molecule has 1 N–H and O–H groups in total. The molecule has 0 fully saturated rings. The summed E-state index contributed by atoms with van der Waals surface area (Å²) in [4.78, 5) is 12.0. The van der Waals surface area contributed by atoms with Crippen LogP contribution in [0.25, 0.3) is 10.9 Å². The highest BCUT2D eigenvalue weighted by Gasteiger charge is 2.09. The Balaban J connectivity index is 1.55. The minimum Gasteiger partial charge on any atom is -0.351 e. The van der Waals surface area contributed by atoms with Crippen molar-refractivity contribution in [3.63, 3.8) is 0 Å². The quantitative estimate of drug-likeness (QED) is 0.732. The van der Waals surface area contributed by atoms with Gasteiger partial charge in [-0.15, -0.1) is 0 Å². The molecule has 0 aliphatic rings. The Hall–Kier alpha value is -2.63. The molecule has 0 atom stereocenters. The van der Waals surface area contributed by atoms with Crippen molar-refractivity contribution in [2.75, 3.05) is 6.54 Å². The lowest BCUT2D eigenvalue weighted by Gasteiger charge is -2.07. The van der Waals surface area contributed by atoms with E-state index in [2.05, 4.69) is 40.6 Å². The van der Waals surface area contributed by atoms with E-state index < -0.39 is 0 Å². The second kappa shape index (κ2) is 6.01. The van der Waals surface area contributed by atoms with Gasteiger partial charge >= 0.3 is 0 Å². The summed E-state index contributed by atoms with van der Waals surface area (Å²) in [5.41, 5.74) is 2.93. The van der Waals surface area contributed by atoms with Crippen LogP contribution in [0.15, 0.2) is 36.7 Å². The Morgan fingerprint density at radius 2 is 2.14 bits per heavy atom. The summed E-state index contributed by atoms with van der Waals surface area (Å²) in [6.45, 7) is 3.46.